The lowest BCUT2D eigenvalue weighted by atomic mass is 10.0. The highest BCUT2D eigenvalue weighted by Gasteiger charge is 2.19. The van der Waals surface area contributed by atoms with Crippen molar-refractivity contribution in [2.45, 2.75) is 0 Å². The molecule has 0 atom stereocenters. The molecule has 290 valence electrons. The predicted octanol–water partition coefficient (Wildman–Crippen LogP) is 14.4. The monoisotopic (exact) mass is 791 g/mol. The second-order valence-electron chi connectivity index (χ2n) is 15.7. The summed E-state index contributed by atoms with van der Waals surface area (Å²) in [6.45, 7) is 0. The maximum atomic E-state index is 5.11. The van der Waals surface area contributed by atoms with Gasteiger partial charge in [0.25, 0.3) is 0 Å². The van der Waals surface area contributed by atoms with Crippen molar-refractivity contribution in [1.29, 1.82) is 0 Å². The molecule has 5 heteroatoms. The number of benzene rings is 9. The molecule has 0 fully saturated rings. The van der Waals surface area contributed by atoms with Gasteiger partial charge in [0, 0.05) is 38.4 Å². The van der Waals surface area contributed by atoms with Crippen LogP contribution in [0.25, 0.3) is 111 Å². The quantitative estimate of drug-likeness (QED) is 0.162. The fourth-order valence-corrected chi connectivity index (χ4v) is 8.99. The molecular weight excluding hydrogens is 755 g/mol. The van der Waals surface area contributed by atoms with E-state index >= 15 is 0 Å². The van der Waals surface area contributed by atoms with Gasteiger partial charge in [0.15, 0.2) is 11.6 Å². The molecule has 0 unspecified atom stereocenters. The summed E-state index contributed by atoms with van der Waals surface area (Å²) in [6.07, 6.45) is 0. The van der Waals surface area contributed by atoms with Crippen molar-refractivity contribution in [1.82, 2.24) is 24.1 Å². The van der Waals surface area contributed by atoms with E-state index in [1.165, 1.54) is 44.1 Å². The third kappa shape index (κ3) is 6.06. The lowest BCUT2D eigenvalue weighted by Gasteiger charge is -2.11. The van der Waals surface area contributed by atoms with Crippen LogP contribution in [-0.2, 0) is 0 Å². The van der Waals surface area contributed by atoms with Gasteiger partial charge in [-0.3, -0.25) is 4.57 Å². The van der Waals surface area contributed by atoms with Gasteiger partial charge < -0.3 is 4.57 Å². The van der Waals surface area contributed by atoms with E-state index in [0.29, 0.717) is 17.6 Å². The van der Waals surface area contributed by atoms with Gasteiger partial charge in [-0.15, -0.1) is 0 Å². The standard InChI is InChI=1S/C57H37N5/c1-5-15-38(16-6-1)43-27-32-52-49(36-43)50-37-44(39-17-7-2-8-18-39)28-33-53(50)61(52)46-30-25-40(26-31-46)45-29-34-54-48(35-45)47-23-13-14-24-51(47)62(54)57-59-55(41-19-9-3-10-20-41)58-56(60-57)42-21-11-4-12-22-42/h1-37H. The summed E-state index contributed by atoms with van der Waals surface area (Å²) < 4.78 is 4.57. The molecule has 5 nitrogen and oxygen atoms in total. The molecule has 12 aromatic rings. The third-order valence-electron chi connectivity index (χ3n) is 12.0. The van der Waals surface area contributed by atoms with Crippen molar-refractivity contribution in [2.24, 2.45) is 0 Å². The molecule has 0 bridgehead atoms. The van der Waals surface area contributed by atoms with E-state index in [-0.39, 0.29) is 0 Å². The highest BCUT2D eigenvalue weighted by atomic mass is 15.2. The van der Waals surface area contributed by atoms with Gasteiger partial charge in [0.2, 0.25) is 5.95 Å². The first-order chi connectivity index (χ1) is 30.7. The minimum absolute atomic E-state index is 0.582. The zero-order valence-corrected chi connectivity index (χ0v) is 33.6. The van der Waals surface area contributed by atoms with Gasteiger partial charge >= 0.3 is 0 Å². The average molecular weight is 792 g/mol. The summed E-state index contributed by atoms with van der Waals surface area (Å²) in [5.74, 6) is 1.85. The molecule has 0 aliphatic heterocycles. The van der Waals surface area contributed by atoms with Gasteiger partial charge in [0.05, 0.1) is 22.1 Å². The van der Waals surface area contributed by atoms with Crippen LogP contribution in [0.1, 0.15) is 0 Å². The van der Waals surface area contributed by atoms with Gasteiger partial charge in [-0.2, -0.15) is 9.97 Å². The Balaban J connectivity index is 0.973. The molecule has 62 heavy (non-hydrogen) atoms. The SMILES string of the molecule is c1ccc(-c2ccc3c(c2)c2cc(-c4ccccc4)ccc2n3-c2ccc(-c3ccc4c(c3)c3ccccc3n4-c3nc(-c4ccccc4)nc(-c4ccccc4)n3)cc2)cc1. The summed E-state index contributed by atoms with van der Waals surface area (Å²) in [6, 6.07) is 79.5. The molecule has 0 saturated heterocycles. The van der Waals surface area contributed by atoms with Gasteiger partial charge in [0.1, 0.15) is 0 Å². The lowest BCUT2D eigenvalue weighted by molar-refractivity contribution is 0.953. The maximum absolute atomic E-state index is 5.11. The molecule has 0 aliphatic rings. The minimum atomic E-state index is 0.582. The molecule has 0 spiro atoms. The van der Waals surface area contributed by atoms with Crippen molar-refractivity contribution in [3.63, 3.8) is 0 Å². The smallest absolute Gasteiger partial charge is 0.238 e. The summed E-state index contributed by atoms with van der Waals surface area (Å²) in [7, 11) is 0. The Labute approximate surface area is 358 Å². The number of rotatable bonds is 7. The van der Waals surface area contributed by atoms with Crippen LogP contribution in [0.15, 0.2) is 224 Å². The number of nitrogens with zero attached hydrogens (tertiary/aromatic N) is 5. The predicted molar refractivity (Wildman–Crippen MR) is 256 cm³/mol. The summed E-state index contributed by atoms with van der Waals surface area (Å²) >= 11 is 0. The van der Waals surface area contributed by atoms with Crippen molar-refractivity contribution in [2.75, 3.05) is 0 Å². The van der Waals surface area contributed by atoms with Crippen molar-refractivity contribution < 1.29 is 0 Å². The summed E-state index contributed by atoms with van der Waals surface area (Å²) in [4.78, 5) is 15.2. The van der Waals surface area contributed by atoms with Crippen LogP contribution < -0.4 is 0 Å². The fourth-order valence-electron chi connectivity index (χ4n) is 8.99. The number of fused-ring (bicyclic) bond motifs is 6. The van der Waals surface area contributed by atoms with E-state index in [0.717, 1.165) is 49.7 Å². The van der Waals surface area contributed by atoms with Crippen LogP contribution in [0.4, 0.5) is 0 Å². The molecular formula is C57H37N5. The van der Waals surface area contributed by atoms with Crippen LogP contribution >= 0.6 is 0 Å². The largest absolute Gasteiger partial charge is 0.309 e. The average Bonchev–Trinajstić information content (AvgIpc) is 3.87. The number of hydrogen-bond acceptors (Lipinski definition) is 3. The van der Waals surface area contributed by atoms with Crippen LogP contribution in [0, 0.1) is 0 Å². The van der Waals surface area contributed by atoms with E-state index < -0.39 is 0 Å². The first kappa shape index (κ1) is 35.5. The van der Waals surface area contributed by atoms with E-state index in [4.69, 9.17) is 15.0 Å². The Bertz CT molecular complexity index is 3440. The Morgan fingerprint density at radius 3 is 1.08 bits per heavy atom. The van der Waals surface area contributed by atoms with Crippen LogP contribution in [0.2, 0.25) is 0 Å². The Hall–Kier alpha value is -8.41. The summed E-state index contributed by atoms with van der Waals surface area (Å²) in [5.41, 5.74) is 14.5. The number of aromatic nitrogens is 5. The molecule has 0 aliphatic carbocycles. The highest BCUT2D eigenvalue weighted by Crippen LogP contribution is 2.39. The number of para-hydroxylation sites is 1. The van der Waals surface area contributed by atoms with Crippen molar-refractivity contribution in [3.8, 4) is 67.8 Å². The maximum Gasteiger partial charge on any atom is 0.238 e. The second-order valence-corrected chi connectivity index (χ2v) is 15.7. The fraction of sp³-hybridized carbons (Fsp3) is 0. The van der Waals surface area contributed by atoms with Gasteiger partial charge in [-0.1, -0.05) is 170 Å². The van der Waals surface area contributed by atoms with Crippen LogP contribution in [-0.4, -0.2) is 24.1 Å². The Morgan fingerprint density at radius 1 is 0.242 bits per heavy atom. The third-order valence-corrected chi connectivity index (χ3v) is 12.0. The first-order valence-electron chi connectivity index (χ1n) is 20.9. The molecule has 0 amide bonds. The van der Waals surface area contributed by atoms with E-state index in [9.17, 15) is 0 Å². The number of hydrogen-bond donors (Lipinski definition) is 0. The van der Waals surface area contributed by atoms with Gasteiger partial charge in [-0.25, -0.2) is 4.98 Å². The molecule has 0 N–H and O–H groups in total. The zero-order chi connectivity index (χ0) is 41.0. The van der Waals surface area contributed by atoms with Crippen LogP contribution in [0.3, 0.4) is 0 Å². The lowest BCUT2D eigenvalue weighted by Crippen LogP contribution is -2.06. The zero-order valence-electron chi connectivity index (χ0n) is 33.6. The molecule has 3 heterocycles. The highest BCUT2D eigenvalue weighted by molar-refractivity contribution is 6.12. The van der Waals surface area contributed by atoms with Gasteiger partial charge in [-0.05, 0) is 88.0 Å². The molecule has 0 radical (unpaired) electrons. The Kier molecular flexibility index (Phi) is 8.42. The molecule has 12 rings (SSSR count). The van der Waals surface area contributed by atoms with E-state index in [1.54, 1.807) is 0 Å². The minimum Gasteiger partial charge on any atom is -0.309 e. The molecule has 3 aromatic heterocycles. The molecule has 9 aromatic carbocycles. The van der Waals surface area contributed by atoms with Crippen molar-refractivity contribution in [3.05, 3.63) is 224 Å². The van der Waals surface area contributed by atoms with E-state index in [1.807, 2.05) is 60.7 Å². The first-order valence-corrected chi connectivity index (χ1v) is 20.9. The van der Waals surface area contributed by atoms with Crippen molar-refractivity contribution >= 4 is 43.6 Å². The second kappa shape index (κ2) is 14.7. The van der Waals surface area contributed by atoms with Crippen LogP contribution in [0.5, 0.6) is 0 Å². The Morgan fingerprint density at radius 2 is 0.597 bits per heavy atom. The normalized spacial score (nSPS) is 11.5. The topological polar surface area (TPSA) is 48.5 Å². The molecule has 0 saturated carbocycles. The summed E-state index contributed by atoms with van der Waals surface area (Å²) in [5, 5.41) is 4.74. The van der Waals surface area contributed by atoms with E-state index in [2.05, 4.69) is 173 Å².